The van der Waals surface area contributed by atoms with Crippen molar-refractivity contribution in [3.63, 3.8) is 0 Å². The zero-order valence-electron chi connectivity index (χ0n) is 8.17. The molecule has 1 aromatic carbocycles. The van der Waals surface area contributed by atoms with Crippen molar-refractivity contribution in [2.45, 2.75) is 5.33 Å². The Bertz CT molecular complexity index is 585. The summed E-state index contributed by atoms with van der Waals surface area (Å²) in [5.74, 6) is 0. The summed E-state index contributed by atoms with van der Waals surface area (Å²) >= 11 is 4.96. The quantitative estimate of drug-likeness (QED) is 0.683. The average Bonchev–Trinajstić information content (AvgIpc) is 2.89. The maximum absolute atomic E-state index is 4.40. The first-order chi connectivity index (χ1) is 7.86. The lowest BCUT2D eigenvalue weighted by Gasteiger charge is -1.97. The lowest BCUT2D eigenvalue weighted by atomic mass is 10.2. The topological polar surface area (TPSA) is 43.1 Å². The molecule has 3 rings (SSSR count). The molecule has 0 radical (unpaired) electrons. The van der Waals surface area contributed by atoms with Crippen molar-refractivity contribution >= 4 is 32.2 Å². The van der Waals surface area contributed by atoms with Gasteiger partial charge in [0.25, 0.3) is 0 Å². The van der Waals surface area contributed by atoms with E-state index in [1.54, 1.807) is 10.8 Å². The van der Waals surface area contributed by atoms with Gasteiger partial charge < -0.3 is 0 Å². The highest BCUT2D eigenvalue weighted by atomic mass is 79.9. The number of hydrogen-bond donors (Lipinski definition) is 0. The predicted molar refractivity (Wildman–Crippen MR) is 66.7 cm³/mol. The Morgan fingerprint density at radius 1 is 1.25 bits per heavy atom. The molecule has 0 bridgehead atoms. The molecule has 2 aromatic heterocycles. The van der Waals surface area contributed by atoms with Gasteiger partial charge >= 0.3 is 0 Å². The average molecular weight is 295 g/mol. The van der Waals surface area contributed by atoms with Gasteiger partial charge in [0, 0.05) is 10.9 Å². The Labute approximate surface area is 104 Å². The fourth-order valence-electron chi connectivity index (χ4n) is 1.41. The number of halogens is 1. The first-order valence-corrected chi connectivity index (χ1v) is 6.63. The van der Waals surface area contributed by atoms with Crippen molar-refractivity contribution in [1.29, 1.82) is 0 Å². The number of hydrogen-bond acceptors (Lipinski definition) is 4. The van der Waals surface area contributed by atoms with E-state index in [1.165, 1.54) is 16.9 Å². The van der Waals surface area contributed by atoms with Gasteiger partial charge in [-0.15, -0.1) is 10.2 Å². The highest BCUT2D eigenvalue weighted by Gasteiger charge is 2.06. The first-order valence-electron chi connectivity index (χ1n) is 4.69. The van der Waals surface area contributed by atoms with E-state index in [2.05, 4.69) is 55.5 Å². The smallest absolute Gasteiger partial charge is 0.190 e. The molecule has 0 saturated heterocycles. The fraction of sp³-hybridized carbons (Fsp3) is 0.100. The summed E-state index contributed by atoms with van der Waals surface area (Å²) in [6.45, 7) is 0. The number of benzene rings is 1. The molecule has 0 fully saturated rings. The molecule has 4 nitrogen and oxygen atoms in total. The van der Waals surface area contributed by atoms with Crippen molar-refractivity contribution in [2.24, 2.45) is 0 Å². The van der Waals surface area contributed by atoms with E-state index in [0.717, 1.165) is 20.9 Å². The standard InChI is InChI=1S/C10H7BrN4S/c11-5-7-1-3-8(4-2-7)9-14-15-6-12-13-10(15)16-9/h1-4,6H,5H2. The highest BCUT2D eigenvalue weighted by Crippen LogP contribution is 2.25. The third kappa shape index (κ3) is 1.64. The summed E-state index contributed by atoms with van der Waals surface area (Å²) in [6, 6.07) is 8.32. The second-order valence-corrected chi connectivity index (χ2v) is 4.81. The van der Waals surface area contributed by atoms with Crippen LogP contribution in [-0.2, 0) is 5.33 Å². The van der Waals surface area contributed by atoms with Crippen molar-refractivity contribution in [3.8, 4) is 10.6 Å². The molecule has 0 spiro atoms. The van der Waals surface area contributed by atoms with Crippen molar-refractivity contribution in [1.82, 2.24) is 19.8 Å². The summed E-state index contributed by atoms with van der Waals surface area (Å²) in [7, 11) is 0. The van der Waals surface area contributed by atoms with E-state index in [1.807, 2.05) is 0 Å². The van der Waals surface area contributed by atoms with Gasteiger partial charge in [-0.05, 0) is 5.56 Å². The molecule has 0 aliphatic carbocycles. The van der Waals surface area contributed by atoms with E-state index >= 15 is 0 Å². The number of alkyl halides is 1. The Kier molecular flexibility index (Phi) is 2.45. The van der Waals surface area contributed by atoms with Crippen LogP contribution < -0.4 is 0 Å². The number of rotatable bonds is 2. The van der Waals surface area contributed by atoms with Gasteiger partial charge in [0.05, 0.1) is 0 Å². The molecular formula is C10H7BrN4S. The lowest BCUT2D eigenvalue weighted by Crippen LogP contribution is -1.83. The van der Waals surface area contributed by atoms with E-state index in [-0.39, 0.29) is 0 Å². The summed E-state index contributed by atoms with van der Waals surface area (Å²) in [5.41, 5.74) is 2.37. The Morgan fingerprint density at radius 2 is 2.06 bits per heavy atom. The minimum absolute atomic E-state index is 0.819. The molecule has 0 aliphatic rings. The van der Waals surface area contributed by atoms with Gasteiger partial charge in [-0.25, -0.2) is 0 Å². The van der Waals surface area contributed by atoms with Gasteiger partial charge in [0.15, 0.2) is 0 Å². The van der Waals surface area contributed by atoms with Crippen LogP contribution in [0.4, 0.5) is 0 Å². The SMILES string of the molecule is BrCc1ccc(-c2nn3cnnc3s2)cc1. The summed E-state index contributed by atoms with van der Waals surface area (Å²) in [4.78, 5) is 0.819. The maximum atomic E-state index is 4.40. The Balaban J connectivity index is 2.05. The van der Waals surface area contributed by atoms with Gasteiger partial charge in [0.2, 0.25) is 4.96 Å². The van der Waals surface area contributed by atoms with Crippen LogP contribution in [0.5, 0.6) is 0 Å². The highest BCUT2D eigenvalue weighted by molar-refractivity contribution is 9.08. The molecule has 0 saturated carbocycles. The molecule has 0 amide bonds. The second-order valence-electron chi connectivity index (χ2n) is 3.30. The molecule has 2 heterocycles. The fourth-order valence-corrected chi connectivity index (χ4v) is 2.61. The first kappa shape index (κ1) is 9.92. The summed E-state index contributed by atoms with van der Waals surface area (Å²) in [6.07, 6.45) is 1.61. The maximum Gasteiger partial charge on any atom is 0.234 e. The van der Waals surface area contributed by atoms with Crippen molar-refractivity contribution in [3.05, 3.63) is 36.2 Å². The van der Waals surface area contributed by atoms with Crippen molar-refractivity contribution in [2.75, 3.05) is 0 Å². The third-order valence-electron chi connectivity index (χ3n) is 2.24. The van der Waals surface area contributed by atoms with Crippen LogP contribution in [0, 0.1) is 0 Å². The van der Waals surface area contributed by atoms with Crippen LogP contribution in [0.15, 0.2) is 30.6 Å². The monoisotopic (exact) mass is 294 g/mol. The number of nitrogens with zero attached hydrogens (tertiary/aromatic N) is 4. The molecule has 0 N–H and O–H groups in total. The minimum atomic E-state index is 0.819. The molecule has 6 heteroatoms. The predicted octanol–water partition coefficient (Wildman–Crippen LogP) is 2.75. The molecule has 80 valence electrons. The normalized spacial score (nSPS) is 11.1. The van der Waals surface area contributed by atoms with Gasteiger partial charge in [-0.1, -0.05) is 51.5 Å². The summed E-state index contributed by atoms with van der Waals surface area (Å²) in [5, 5.41) is 14.0. The van der Waals surface area contributed by atoms with Crippen LogP contribution >= 0.6 is 27.3 Å². The third-order valence-corrected chi connectivity index (χ3v) is 3.85. The van der Waals surface area contributed by atoms with Crippen LogP contribution in [-0.4, -0.2) is 19.8 Å². The van der Waals surface area contributed by atoms with E-state index in [0.29, 0.717) is 0 Å². The van der Waals surface area contributed by atoms with Crippen LogP contribution in [0.1, 0.15) is 5.56 Å². The molecule has 0 unspecified atom stereocenters. The number of fused-ring (bicyclic) bond motifs is 1. The molecule has 16 heavy (non-hydrogen) atoms. The Morgan fingerprint density at radius 3 is 2.75 bits per heavy atom. The van der Waals surface area contributed by atoms with Crippen molar-refractivity contribution < 1.29 is 0 Å². The van der Waals surface area contributed by atoms with Gasteiger partial charge in [-0.2, -0.15) is 9.61 Å². The van der Waals surface area contributed by atoms with E-state index < -0.39 is 0 Å². The largest absolute Gasteiger partial charge is 0.234 e. The van der Waals surface area contributed by atoms with Crippen LogP contribution in [0.3, 0.4) is 0 Å². The van der Waals surface area contributed by atoms with Gasteiger partial charge in [0.1, 0.15) is 11.3 Å². The number of aromatic nitrogens is 4. The summed E-state index contributed by atoms with van der Waals surface area (Å²) < 4.78 is 1.69. The lowest BCUT2D eigenvalue weighted by molar-refractivity contribution is 0.960. The molecule has 3 aromatic rings. The molecular weight excluding hydrogens is 288 g/mol. The Hall–Kier alpha value is -1.27. The zero-order chi connectivity index (χ0) is 11.0. The second kappa shape index (κ2) is 3.95. The molecule has 0 aliphatic heterocycles. The minimum Gasteiger partial charge on any atom is -0.190 e. The van der Waals surface area contributed by atoms with E-state index in [4.69, 9.17) is 0 Å². The van der Waals surface area contributed by atoms with Gasteiger partial charge in [-0.3, -0.25) is 0 Å². The van der Waals surface area contributed by atoms with Crippen LogP contribution in [0.25, 0.3) is 15.5 Å². The zero-order valence-corrected chi connectivity index (χ0v) is 10.6. The van der Waals surface area contributed by atoms with E-state index in [9.17, 15) is 0 Å². The van der Waals surface area contributed by atoms with Crippen LogP contribution in [0.2, 0.25) is 0 Å². The molecule has 0 atom stereocenters.